The van der Waals surface area contributed by atoms with Gasteiger partial charge in [0.05, 0.1) is 0 Å². The Kier molecular flexibility index (Phi) is 2.98. The summed E-state index contributed by atoms with van der Waals surface area (Å²) in [6.07, 6.45) is 5.83. The molecule has 2 aliphatic rings. The van der Waals surface area contributed by atoms with Crippen molar-refractivity contribution < 1.29 is 4.79 Å². The van der Waals surface area contributed by atoms with E-state index in [-0.39, 0.29) is 17.5 Å². The molecular weight excluding hydrogens is 190 g/mol. The Morgan fingerprint density at radius 1 is 1.40 bits per heavy atom. The second kappa shape index (κ2) is 4.10. The van der Waals surface area contributed by atoms with E-state index in [1.165, 1.54) is 6.42 Å². The summed E-state index contributed by atoms with van der Waals surface area (Å²) in [5.74, 6) is 0.213. The lowest BCUT2D eigenvalue weighted by molar-refractivity contribution is -0.133. The summed E-state index contributed by atoms with van der Waals surface area (Å²) in [7, 11) is 0. The van der Waals surface area contributed by atoms with Gasteiger partial charge < -0.3 is 16.4 Å². The van der Waals surface area contributed by atoms with Gasteiger partial charge >= 0.3 is 0 Å². The second-order valence-electron chi connectivity index (χ2n) is 5.01. The van der Waals surface area contributed by atoms with Crippen molar-refractivity contribution in [2.24, 2.45) is 11.5 Å². The van der Waals surface area contributed by atoms with E-state index >= 15 is 0 Å². The molecule has 4 nitrogen and oxygen atoms in total. The molecule has 1 saturated heterocycles. The van der Waals surface area contributed by atoms with Crippen molar-refractivity contribution in [3.63, 3.8) is 0 Å². The van der Waals surface area contributed by atoms with Crippen molar-refractivity contribution in [3.8, 4) is 0 Å². The third-order valence-electron chi connectivity index (χ3n) is 3.82. The van der Waals surface area contributed by atoms with Crippen LogP contribution in [0.3, 0.4) is 0 Å². The van der Waals surface area contributed by atoms with Gasteiger partial charge in [0, 0.05) is 31.1 Å². The maximum Gasteiger partial charge on any atom is 0.224 e. The van der Waals surface area contributed by atoms with Crippen LogP contribution in [-0.4, -0.2) is 35.5 Å². The normalized spacial score (nSPS) is 28.9. The van der Waals surface area contributed by atoms with E-state index in [1.54, 1.807) is 0 Å². The third-order valence-corrected chi connectivity index (χ3v) is 3.82. The van der Waals surface area contributed by atoms with Crippen LogP contribution in [0.5, 0.6) is 0 Å². The number of rotatable bonds is 3. The van der Waals surface area contributed by atoms with Crippen molar-refractivity contribution in [1.29, 1.82) is 0 Å². The molecule has 0 aromatic rings. The lowest BCUT2D eigenvalue weighted by Gasteiger charge is -2.39. The molecule has 2 rings (SSSR count). The van der Waals surface area contributed by atoms with Crippen LogP contribution in [0.1, 0.15) is 38.5 Å². The van der Waals surface area contributed by atoms with E-state index in [2.05, 4.69) is 0 Å². The lowest BCUT2D eigenvalue weighted by Crippen LogP contribution is -2.51. The van der Waals surface area contributed by atoms with Crippen LogP contribution in [-0.2, 0) is 4.79 Å². The molecule has 1 aliphatic heterocycles. The molecule has 0 aromatic heterocycles. The fourth-order valence-corrected chi connectivity index (χ4v) is 2.62. The van der Waals surface area contributed by atoms with Gasteiger partial charge in [-0.05, 0) is 32.1 Å². The molecule has 0 spiro atoms. The minimum Gasteiger partial charge on any atom is -0.338 e. The second-order valence-corrected chi connectivity index (χ2v) is 5.01. The number of nitrogens with zero attached hydrogens (tertiary/aromatic N) is 1. The zero-order valence-electron chi connectivity index (χ0n) is 9.24. The minimum atomic E-state index is -0.196. The first kappa shape index (κ1) is 10.9. The number of hydrogen-bond acceptors (Lipinski definition) is 3. The fraction of sp³-hybridized carbons (Fsp3) is 0.909. The van der Waals surface area contributed by atoms with Crippen LogP contribution >= 0.6 is 0 Å². The largest absolute Gasteiger partial charge is 0.338 e. The van der Waals surface area contributed by atoms with Crippen LogP contribution in [0.4, 0.5) is 0 Å². The summed E-state index contributed by atoms with van der Waals surface area (Å²) in [5.41, 5.74) is 11.5. The molecule has 1 heterocycles. The van der Waals surface area contributed by atoms with E-state index in [0.717, 1.165) is 32.2 Å². The molecule has 0 radical (unpaired) electrons. The third kappa shape index (κ3) is 2.16. The summed E-state index contributed by atoms with van der Waals surface area (Å²) >= 11 is 0. The highest BCUT2D eigenvalue weighted by molar-refractivity contribution is 5.78. The summed E-state index contributed by atoms with van der Waals surface area (Å²) < 4.78 is 0. The molecule has 1 amide bonds. The van der Waals surface area contributed by atoms with Gasteiger partial charge in [0.2, 0.25) is 5.91 Å². The van der Waals surface area contributed by atoms with Crippen molar-refractivity contribution in [3.05, 3.63) is 0 Å². The SMILES string of the molecule is NCC1CCCN1C(=O)CC1(N)CCC1. The molecule has 4 N–H and O–H groups in total. The predicted octanol–water partition coefficient (Wildman–Crippen LogP) is 0.208. The van der Waals surface area contributed by atoms with Crippen LogP contribution < -0.4 is 11.5 Å². The Bertz CT molecular complexity index is 250. The Morgan fingerprint density at radius 2 is 2.13 bits per heavy atom. The van der Waals surface area contributed by atoms with Crippen LogP contribution in [0.2, 0.25) is 0 Å². The summed E-state index contributed by atoms with van der Waals surface area (Å²) in [5, 5.41) is 0. The van der Waals surface area contributed by atoms with Crippen LogP contribution in [0, 0.1) is 0 Å². The molecular formula is C11H21N3O. The van der Waals surface area contributed by atoms with Gasteiger partial charge in [-0.1, -0.05) is 0 Å². The molecule has 0 bridgehead atoms. The van der Waals surface area contributed by atoms with E-state index in [4.69, 9.17) is 11.5 Å². The van der Waals surface area contributed by atoms with Gasteiger partial charge in [-0.25, -0.2) is 0 Å². The Hall–Kier alpha value is -0.610. The van der Waals surface area contributed by atoms with Crippen LogP contribution in [0.25, 0.3) is 0 Å². The topological polar surface area (TPSA) is 72.3 Å². The van der Waals surface area contributed by atoms with Gasteiger partial charge in [-0.3, -0.25) is 4.79 Å². The average Bonchev–Trinajstić information content (AvgIpc) is 2.62. The number of hydrogen-bond donors (Lipinski definition) is 2. The number of amides is 1. The highest BCUT2D eigenvalue weighted by Gasteiger charge is 2.38. The Morgan fingerprint density at radius 3 is 2.67 bits per heavy atom. The quantitative estimate of drug-likeness (QED) is 0.701. The van der Waals surface area contributed by atoms with Gasteiger partial charge in [-0.15, -0.1) is 0 Å². The molecule has 1 saturated carbocycles. The van der Waals surface area contributed by atoms with Gasteiger partial charge in [0.25, 0.3) is 0 Å². The molecule has 1 atom stereocenters. The van der Waals surface area contributed by atoms with E-state index in [9.17, 15) is 4.79 Å². The van der Waals surface area contributed by atoms with Gasteiger partial charge in [-0.2, -0.15) is 0 Å². The average molecular weight is 211 g/mol. The number of carbonyl (C=O) groups excluding carboxylic acids is 1. The van der Waals surface area contributed by atoms with E-state index < -0.39 is 0 Å². The molecule has 86 valence electrons. The smallest absolute Gasteiger partial charge is 0.224 e. The van der Waals surface area contributed by atoms with E-state index in [0.29, 0.717) is 13.0 Å². The first-order valence-corrected chi connectivity index (χ1v) is 5.93. The lowest BCUT2D eigenvalue weighted by atomic mass is 9.75. The van der Waals surface area contributed by atoms with Crippen molar-refractivity contribution in [2.45, 2.75) is 50.1 Å². The molecule has 0 aromatic carbocycles. The number of carbonyl (C=O) groups is 1. The minimum absolute atomic E-state index is 0.196. The van der Waals surface area contributed by atoms with E-state index in [1.807, 2.05) is 4.90 Å². The zero-order chi connectivity index (χ0) is 10.9. The summed E-state index contributed by atoms with van der Waals surface area (Å²) in [6, 6.07) is 0.265. The van der Waals surface area contributed by atoms with Crippen LogP contribution in [0.15, 0.2) is 0 Å². The summed E-state index contributed by atoms with van der Waals surface area (Å²) in [6.45, 7) is 1.46. The molecule has 1 aliphatic carbocycles. The van der Waals surface area contributed by atoms with Crippen molar-refractivity contribution in [2.75, 3.05) is 13.1 Å². The number of likely N-dealkylation sites (tertiary alicyclic amines) is 1. The standard InChI is InChI=1S/C11H21N3O/c12-8-9-3-1-6-14(9)10(15)7-11(13)4-2-5-11/h9H,1-8,12-13H2. The monoisotopic (exact) mass is 211 g/mol. The highest BCUT2D eigenvalue weighted by Crippen LogP contribution is 2.33. The Balaban J connectivity index is 1.89. The molecule has 1 unspecified atom stereocenters. The maximum absolute atomic E-state index is 12.0. The fourth-order valence-electron chi connectivity index (χ4n) is 2.62. The van der Waals surface area contributed by atoms with Gasteiger partial charge in [0.1, 0.15) is 0 Å². The molecule has 4 heteroatoms. The van der Waals surface area contributed by atoms with Gasteiger partial charge in [0.15, 0.2) is 0 Å². The maximum atomic E-state index is 12.0. The molecule has 15 heavy (non-hydrogen) atoms. The Labute approximate surface area is 91.0 Å². The highest BCUT2D eigenvalue weighted by atomic mass is 16.2. The summed E-state index contributed by atoms with van der Waals surface area (Å²) in [4.78, 5) is 14.0. The number of nitrogens with two attached hydrogens (primary N) is 2. The predicted molar refractivity (Wildman–Crippen MR) is 59.2 cm³/mol. The van der Waals surface area contributed by atoms with Crippen molar-refractivity contribution in [1.82, 2.24) is 4.90 Å². The first-order valence-electron chi connectivity index (χ1n) is 5.93. The first-order chi connectivity index (χ1) is 7.14. The zero-order valence-corrected chi connectivity index (χ0v) is 9.24. The molecule has 2 fully saturated rings. The van der Waals surface area contributed by atoms with Crippen molar-refractivity contribution >= 4 is 5.91 Å².